The number of hydrogen-bond donors (Lipinski definition) is 2. The first kappa shape index (κ1) is 32.4. The summed E-state index contributed by atoms with van der Waals surface area (Å²) in [4.78, 5) is 59.7. The number of benzene rings is 1. The molecule has 1 aromatic rings. The van der Waals surface area contributed by atoms with E-state index in [2.05, 4.69) is 5.32 Å². The first-order valence-electron chi connectivity index (χ1n) is 17.2. The van der Waals surface area contributed by atoms with Gasteiger partial charge in [0.05, 0.1) is 18.6 Å². The molecule has 0 radical (unpaired) electrons. The Balaban J connectivity index is 1.36. The number of carbonyl (C=O) groups excluding carboxylic acids is 4. The van der Waals surface area contributed by atoms with Gasteiger partial charge in [0.25, 0.3) is 0 Å². The number of amides is 3. The second-order valence-corrected chi connectivity index (χ2v) is 13.3. The van der Waals surface area contributed by atoms with Crippen LogP contribution in [0.1, 0.15) is 82.3 Å². The lowest BCUT2D eigenvalue weighted by molar-refractivity contribution is -0.160. The molecule has 6 atom stereocenters. The molecule has 10 heteroatoms. The molecule has 1 aliphatic carbocycles. The van der Waals surface area contributed by atoms with E-state index in [1.165, 1.54) is 0 Å². The van der Waals surface area contributed by atoms with Gasteiger partial charge in [-0.1, -0.05) is 86.7 Å². The molecule has 10 nitrogen and oxygen atoms in total. The van der Waals surface area contributed by atoms with Crippen LogP contribution in [0.4, 0.5) is 0 Å². The molecule has 5 bridgehead atoms. The van der Waals surface area contributed by atoms with E-state index >= 15 is 0 Å². The molecule has 2 saturated heterocycles. The maximum absolute atomic E-state index is 14.9. The summed E-state index contributed by atoms with van der Waals surface area (Å²) in [5, 5.41) is 12.2. The van der Waals surface area contributed by atoms with Crippen LogP contribution in [0.25, 0.3) is 0 Å². The molecule has 4 heterocycles. The highest BCUT2D eigenvalue weighted by Crippen LogP contribution is 2.56. The Morgan fingerprint density at radius 2 is 1.72 bits per heavy atom. The molecule has 1 aromatic carbocycles. The van der Waals surface area contributed by atoms with Crippen LogP contribution in [0.3, 0.4) is 0 Å². The van der Waals surface area contributed by atoms with Crippen molar-refractivity contribution in [3.63, 3.8) is 0 Å². The molecule has 3 amide bonds. The lowest BCUT2D eigenvalue weighted by atomic mass is 9.74. The number of nitrogens with one attached hydrogen (secondary N) is 1. The van der Waals surface area contributed by atoms with Crippen molar-refractivity contribution in [2.75, 3.05) is 26.2 Å². The van der Waals surface area contributed by atoms with Crippen molar-refractivity contribution in [2.24, 2.45) is 11.8 Å². The van der Waals surface area contributed by atoms with Gasteiger partial charge in [0, 0.05) is 32.2 Å². The Morgan fingerprint density at radius 3 is 2.50 bits per heavy atom. The fourth-order valence-electron chi connectivity index (χ4n) is 8.10. The summed E-state index contributed by atoms with van der Waals surface area (Å²) in [5.74, 6) is -2.91. The monoisotopic (exact) mass is 633 g/mol. The highest BCUT2D eigenvalue weighted by Gasteiger charge is 2.73. The number of rotatable bonds is 8. The minimum Gasteiger partial charge on any atom is -0.455 e. The predicted octanol–water partition coefficient (Wildman–Crippen LogP) is 3.60. The maximum Gasteiger partial charge on any atom is 0.313 e. The van der Waals surface area contributed by atoms with Crippen molar-refractivity contribution < 1.29 is 33.8 Å². The van der Waals surface area contributed by atoms with Crippen LogP contribution in [-0.2, 0) is 28.7 Å². The molecule has 4 aliphatic heterocycles. The lowest BCUT2D eigenvalue weighted by Gasteiger charge is -2.40. The van der Waals surface area contributed by atoms with Crippen LogP contribution in [0.5, 0.6) is 0 Å². The summed E-state index contributed by atoms with van der Waals surface area (Å²) in [6, 6.07) is 8.43. The molecule has 46 heavy (non-hydrogen) atoms. The number of aliphatic hydroxyl groups excluding tert-OH is 1. The zero-order chi connectivity index (χ0) is 32.1. The lowest BCUT2D eigenvalue weighted by Crippen LogP contribution is -2.58. The average Bonchev–Trinajstić information content (AvgIpc) is 3.72. The van der Waals surface area contributed by atoms with E-state index in [0.717, 1.165) is 50.5 Å². The summed E-state index contributed by atoms with van der Waals surface area (Å²) >= 11 is 0. The second kappa shape index (κ2) is 14.5. The van der Waals surface area contributed by atoms with Crippen molar-refractivity contribution in [3.05, 3.63) is 60.2 Å². The van der Waals surface area contributed by atoms with E-state index in [4.69, 9.17) is 9.47 Å². The summed E-state index contributed by atoms with van der Waals surface area (Å²) in [7, 11) is 0. The quantitative estimate of drug-likeness (QED) is 0.255. The fraction of sp³-hybridized carbons (Fsp3) is 0.611. The number of hydrogen-bond acceptors (Lipinski definition) is 7. The smallest absolute Gasteiger partial charge is 0.313 e. The van der Waals surface area contributed by atoms with Crippen LogP contribution in [0.2, 0.25) is 0 Å². The van der Waals surface area contributed by atoms with E-state index in [-0.39, 0.29) is 43.3 Å². The number of likely N-dealkylation sites (tertiary alicyclic amines) is 1. The highest BCUT2D eigenvalue weighted by atomic mass is 16.6. The van der Waals surface area contributed by atoms with Crippen LogP contribution in [-0.4, -0.2) is 88.6 Å². The standard InChI is InChI=1S/C36H47N3O7/c40-23-13-2-1-11-22-39-32-34(43)38(26-16-8-4-9-17-26)21-12-5-10-18-29(41)37-24-28(25-14-6-3-7-15-25)45-35(44)30-27-19-20-36(32,46-27)31(30)33(39)42/h3,5-7,12,14-15,19-20,26-28,30-32,40H,1-2,4,8-11,13,16-18,21-24H2,(H,37,41)/b12-5-/t27-,28-,30+,31+,32-,36+/m1/s1. The minimum atomic E-state index is -1.26. The van der Waals surface area contributed by atoms with Crippen LogP contribution < -0.4 is 5.32 Å². The van der Waals surface area contributed by atoms with E-state index in [9.17, 15) is 24.3 Å². The van der Waals surface area contributed by atoms with Crippen molar-refractivity contribution in [1.29, 1.82) is 0 Å². The zero-order valence-electron chi connectivity index (χ0n) is 26.6. The normalized spacial score (nSPS) is 32.8. The molecule has 0 aromatic heterocycles. The molecule has 248 valence electrons. The Labute approximate surface area is 271 Å². The van der Waals surface area contributed by atoms with E-state index in [1.54, 1.807) is 4.90 Å². The van der Waals surface area contributed by atoms with Gasteiger partial charge < -0.3 is 29.7 Å². The third-order valence-electron chi connectivity index (χ3n) is 10.4. The number of cyclic esters (lactones) is 1. The third-order valence-corrected chi connectivity index (χ3v) is 10.4. The number of esters is 1. The summed E-state index contributed by atoms with van der Waals surface area (Å²) in [6.45, 7) is 0.980. The van der Waals surface area contributed by atoms with Crippen molar-refractivity contribution in [2.45, 2.75) is 101 Å². The topological polar surface area (TPSA) is 125 Å². The molecule has 5 aliphatic rings. The van der Waals surface area contributed by atoms with Gasteiger partial charge in [0.2, 0.25) is 17.7 Å². The van der Waals surface area contributed by atoms with Gasteiger partial charge in [-0.2, -0.15) is 0 Å². The van der Waals surface area contributed by atoms with Gasteiger partial charge in [-0.25, -0.2) is 0 Å². The number of ether oxygens (including phenoxy) is 2. The second-order valence-electron chi connectivity index (χ2n) is 13.3. The molecular weight excluding hydrogens is 586 g/mol. The Kier molecular flexibility index (Phi) is 10.2. The maximum atomic E-state index is 14.9. The van der Waals surface area contributed by atoms with Gasteiger partial charge in [0.15, 0.2) is 0 Å². The van der Waals surface area contributed by atoms with E-state index in [0.29, 0.717) is 32.4 Å². The SMILES string of the molecule is O=C1CC/C=C\CN(C2CCCCC2)C(=O)[C@H]2N(CCCCCCO)C(=O)[C@@H]3[C@@H](C(=O)O[C@@H](c4ccccc4)CN1)[C@H]1C=C[C@]32O1. The van der Waals surface area contributed by atoms with Crippen LogP contribution >= 0.6 is 0 Å². The number of carbonyl (C=O) groups is 4. The number of aliphatic hydroxyl groups is 1. The van der Waals surface area contributed by atoms with Gasteiger partial charge in [-0.15, -0.1) is 0 Å². The first-order valence-corrected chi connectivity index (χ1v) is 17.2. The van der Waals surface area contributed by atoms with Crippen LogP contribution in [0, 0.1) is 11.8 Å². The van der Waals surface area contributed by atoms with Gasteiger partial charge in [-0.3, -0.25) is 19.2 Å². The Bertz CT molecular complexity index is 1330. The average molecular weight is 634 g/mol. The largest absolute Gasteiger partial charge is 0.455 e. The molecule has 1 spiro atoms. The van der Waals surface area contributed by atoms with Gasteiger partial charge in [0.1, 0.15) is 23.7 Å². The first-order chi connectivity index (χ1) is 22.4. The predicted molar refractivity (Wildman–Crippen MR) is 170 cm³/mol. The molecule has 6 rings (SSSR count). The van der Waals surface area contributed by atoms with Gasteiger partial charge in [-0.05, 0) is 37.7 Å². The van der Waals surface area contributed by atoms with Crippen LogP contribution in [0.15, 0.2) is 54.6 Å². The number of fused-ring (bicyclic) bond motifs is 2. The summed E-state index contributed by atoms with van der Waals surface area (Å²) in [6.07, 6.45) is 15.0. The Hall–Kier alpha value is -3.50. The number of allylic oxidation sites excluding steroid dienone is 1. The molecule has 1 saturated carbocycles. The van der Waals surface area contributed by atoms with Gasteiger partial charge >= 0.3 is 5.97 Å². The summed E-state index contributed by atoms with van der Waals surface area (Å²) in [5.41, 5.74) is -0.518. The molecule has 3 fully saturated rings. The van der Waals surface area contributed by atoms with E-state index < -0.39 is 41.7 Å². The van der Waals surface area contributed by atoms with Crippen molar-refractivity contribution in [3.8, 4) is 0 Å². The molecule has 2 N–H and O–H groups in total. The zero-order valence-corrected chi connectivity index (χ0v) is 26.6. The fourth-order valence-corrected chi connectivity index (χ4v) is 8.10. The molecule has 0 unspecified atom stereocenters. The number of nitrogens with zero attached hydrogens (tertiary/aromatic N) is 2. The third kappa shape index (κ3) is 6.38. The van der Waals surface area contributed by atoms with Crippen molar-refractivity contribution >= 4 is 23.7 Å². The molecular formula is C36H47N3O7. The number of unbranched alkanes of at least 4 members (excludes halogenated alkanes) is 3. The Morgan fingerprint density at radius 1 is 0.935 bits per heavy atom. The highest BCUT2D eigenvalue weighted by molar-refractivity contribution is 5.99. The van der Waals surface area contributed by atoms with E-state index in [1.807, 2.05) is 59.5 Å². The van der Waals surface area contributed by atoms with Crippen molar-refractivity contribution in [1.82, 2.24) is 15.1 Å². The minimum absolute atomic E-state index is 0.0446. The summed E-state index contributed by atoms with van der Waals surface area (Å²) < 4.78 is 12.7.